The van der Waals surface area contributed by atoms with Crippen molar-refractivity contribution in [1.82, 2.24) is 15.5 Å². The molecule has 1 saturated heterocycles. The summed E-state index contributed by atoms with van der Waals surface area (Å²) >= 11 is 7.59. The second-order valence-corrected chi connectivity index (χ2v) is 7.46. The Bertz CT molecular complexity index is 654. The third kappa shape index (κ3) is 5.63. The van der Waals surface area contributed by atoms with Gasteiger partial charge < -0.3 is 15.5 Å². The zero-order valence-corrected chi connectivity index (χ0v) is 15.7. The van der Waals surface area contributed by atoms with Gasteiger partial charge in [0.1, 0.15) is 0 Å². The van der Waals surface area contributed by atoms with Crippen molar-refractivity contribution in [2.45, 2.75) is 6.54 Å². The Labute approximate surface area is 157 Å². The van der Waals surface area contributed by atoms with Crippen LogP contribution in [0.4, 0.5) is 10.5 Å². The van der Waals surface area contributed by atoms with Gasteiger partial charge in [0.25, 0.3) is 0 Å². The molecule has 2 N–H and O–H groups in total. The van der Waals surface area contributed by atoms with E-state index in [0.717, 1.165) is 42.6 Å². The molecule has 7 heteroatoms. The molecule has 2 aromatic rings. The lowest BCUT2D eigenvalue weighted by Crippen LogP contribution is -2.49. The normalized spacial score (nSPS) is 15.2. The first kappa shape index (κ1) is 18.0. The fraction of sp³-hybridized carbons (Fsp3) is 0.389. The molecule has 0 atom stereocenters. The summed E-state index contributed by atoms with van der Waals surface area (Å²) in [5.41, 5.74) is 1.22. The van der Waals surface area contributed by atoms with E-state index < -0.39 is 0 Å². The minimum Gasteiger partial charge on any atom is -0.369 e. The topological polar surface area (TPSA) is 47.6 Å². The number of nitrogens with one attached hydrogen (secondary N) is 2. The van der Waals surface area contributed by atoms with Crippen LogP contribution in [-0.4, -0.2) is 50.2 Å². The number of hydrogen-bond donors (Lipinski definition) is 2. The number of hydrogen-bond acceptors (Lipinski definition) is 4. The number of halogens is 1. The van der Waals surface area contributed by atoms with Gasteiger partial charge >= 0.3 is 6.03 Å². The van der Waals surface area contributed by atoms with Crippen molar-refractivity contribution in [3.8, 4) is 0 Å². The molecule has 25 heavy (non-hydrogen) atoms. The largest absolute Gasteiger partial charge is 0.369 e. The van der Waals surface area contributed by atoms with Crippen molar-refractivity contribution in [3.05, 3.63) is 51.7 Å². The Morgan fingerprint density at radius 1 is 1.08 bits per heavy atom. The highest BCUT2D eigenvalue weighted by Gasteiger charge is 2.16. The summed E-state index contributed by atoms with van der Waals surface area (Å²) in [5, 5.41) is 8.59. The van der Waals surface area contributed by atoms with Gasteiger partial charge in [-0.2, -0.15) is 0 Å². The number of carbonyl (C=O) groups is 1. The second kappa shape index (κ2) is 9.08. The van der Waals surface area contributed by atoms with Gasteiger partial charge in [-0.15, -0.1) is 11.3 Å². The Morgan fingerprint density at radius 3 is 2.52 bits per heavy atom. The summed E-state index contributed by atoms with van der Waals surface area (Å²) in [6, 6.07) is 11.9. The molecule has 1 aliphatic rings. The van der Waals surface area contributed by atoms with E-state index in [9.17, 15) is 4.79 Å². The van der Waals surface area contributed by atoms with Crippen LogP contribution in [0.25, 0.3) is 0 Å². The molecule has 0 radical (unpaired) electrons. The number of nitrogens with zero attached hydrogens (tertiary/aromatic N) is 2. The molecular weight excluding hydrogens is 356 g/mol. The molecule has 0 saturated carbocycles. The van der Waals surface area contributed by atoms with Gasteiger partial charge in [-0.3, -0.25) is 4.90 Å². The van der Waals surface area contributed by atoms with Crippen molar-refractivity contribution in [2.75, 3.05) is 44.2 Å². The fourth-order valence-corrected chi connectivity index (χ4v) is 3.62. The van der Waals surface area contributed by atoms with E-state index in [1.807, 2.05) is 29.6 Å². The van der Waals surface area contributed by atoms with Gasteiger partial charge in [-0.25, -0.2) is 4.79 Å². The highest BCUT2D eigenvalue weighted by Crippen LogP contribution is 2.19. The lowest BCUT2D eigenvalue weighted by Gasteiger charge is -2.36. The SMILES string of the molecule is O=C(NCCN1CCN(c2ccc(Cl)cc2)CC1)NCc1cccs1. The molecule has 2 amide bonds. The maximum atomic E-state index is 11.8. The zero-order chi connectivity index (χ0) is 17.5. The van der Waals surface area contributed by atoms with E-state index >= 15 is 0 Å². The van der Waals surface area contributed by atoms with Crippen molar-refractivity contribution >= 4 is 34.7 Å². The number of carbonyl (C=O) groups excluding carboxylic acids is 1. The summed E-state index contributed by atoms with van der Waals surface area (Å²) in [5.74, 6) is 0. The molecule has 1 aliphatic heterocycles. The maximum Gasteiger partial charge on any atom is 0.315 e. The van der Waals surface area contributed by atoms with Crippen LogP contribution < -0.4 is 15.5 Å². The average Bonchev–Trinajstić information content (AvgIpc) is 3.15. The van der Waals surface area contributed by atoms with Crippen LogP contribution >= 0.6 is 22.9 Å². The first-order chi connectivity index (χ1) is 12.2. The Kier molecular flexibility index (Phi) is 6.55. The number of thiophene rings is 1. The predicted octanol–water partition coefficient (Wildman–Crippen LogP) is 3.02. The Balaban J connectivity index is 1.31. The monoisotopic (exact) mass is 378 g/mol. The zero-order valence-electron chi connectivity index (χ0n) is 14.1. The molecule has 0 bridgehead atoms. The average molecular weight is 379 g/mol. The van der Waals surface area contributed by atoms with Crippen molar-refractivity contribution in [1.29, 1.82) is 0 Å². The number of urea groups is 1. The summed E-state index contributed by atoms with van der Waals surface area (Å²) in [6.07, 6.45) is 0. The molecule has 3 rings (SSSR count). The number of anilines is 1. The summed E-state index contributed by atoms with van der Waals surface area (Å²) in [6.45, 7) is 6.11. The van der Waals surface area contributed by atoms with Crippen LogP contribution in [0.3, 0.4) is 0 Å². The van der Waals surface area contributed by atoms with Gasteiger partial charge in [-0.1, -0.05) is 17.7 Å². The Hall–Kier alpha value is -1.76. The molecule has 2 heterocycles. The van der Waals surface area contributed by atoms with E-state index in [1.54, 1.807) is 11.3 Å². The van der Waals surface area contributed by atoms with Crippen molar-refractivity contribution in [3.63, 3.8) is 0 Å². The van der Waals surface area contributed by atoms with Crippen molar-refractivity contribution < 1.29 is 4.79 Å². The highest BCUT2D eigenvalue weighted by molar-refractivity contribution is 7.09. The fourth-order valence-electron chi connectivity index (χ4n) is 2.85. The van der Waals surface area contributed by atoms with Crippen LogP contribution in [0, 0.1) is 0 Å². The smallest absolute Gasteiger partial charge is 0.315 e. The molecule has 1 fully saturated rings. The molecule has 0 spiro atoms. The summed E-state index contributed by atoms with van der Waals surface area (Å²) in [4.78, 5) is 17.7. The van der Waals surface area contributed by atoms with E-state index in [1.165, 1.54) is 5.69 Å². The minimum atomic E-state index is -0.104. The molecule has 134 valence electrons. The first-order valence-electron chi connectivity index (χ1n) is 8.48. The van der Waals surface area contributed by atoms with Gasteiger partial charge in [-0.05, 0) is 35.7 Å². The summed E-state index contributed by atoms with van der Waals surface area (Å²) in [7, 11) is 0. The number of benzene rings is 1. The second-order valence-electron chi connectivity index (χ2n) is 5.99. The van der Waals surface area contributed by atoms with E-state index in [0.29, 0.717) is 13.1 Å². The van der Waals surface area contributed by atoms with Gasteiger partial charge in [0.15, 0.2) is 0 Å². The minimum absolute atomic E-state index is 0.104. The number of amides is 2. The maximum absolute atomic E-state index is 11.8. The van der Waals surface area contributed by atoms with Crippen LogP contribution in [0.2, 0.25) is 5.02 Å². The van der Waals surface area contributed by atoms with E-state index in [4.69, 9.17) is 11.6 Å². The van der Waals surface area contributed by atoms with Gasteiger partial charge in [0.05, 0.1) is 6.54 Å². The van der Waals surface area contributed by atoms with Crippen LogP contribution in [0.1, 0.15) is 4.88 Å². The lowest BCUT2D eigenvalue weighted by atomic mass is 10.2. The number of piperazine rings is 1. The van der Waals surface area contributed by atoms with E-state index in [-0.39, 0.29) is 6.03 Å². The quantitative estimate of drug-likeness (QED) is 0.812. The molecule has 1 aromatic heterocycles. The first-order valence-corrected chi connectivity index (χ1v) is 9.73. The van der Waals surface area contributed by atoms with Gasteiger partial charge in [0, 0.05) is 54.9 Å². The standard InChI is InChI=1S/C18H23ClN4OS/c19-15-3-5-16(6-4-15)23-11-9-22(10-12-23)8-7-20-18(24)21-14-17-2-1-13-25-17/h1-6,13H,7-12,14H2,(H2,20,21,24). The molecule has 0 unspecified atom stereocenters. The van der Waals surface area contributed by atoms with Crippen LogP contribution in [0.15, 0.2) is 41.8 Å². The van der Waals surface area contributed by atoms with Crippen LogP contribution in [0.5, 0.6) is 0 Å². The molecule has 0 aliphatic carbocycles. The van der Waals surface area contributed by atoms with Crippen LogP contribution in [-0.2, 0) is 6.54 Å². The van der Waals surface area contributed by atoms with Crippen molar-refractivity contribution in [2.24, 2.45) is 0 Å². The van der Waals surface area contributed by atoms with Gasteiger partial charge in [0.2, 0.25) is 0 Å². The molecule has 1 aromatic carbocycles. The highest BCUT2D eigenvalue weighted by atomic mass is 35.5. The van der Waals surface area contributed by atoms with E-state index in [2.05, 4.69) is 32.6 Å². The Morgan fingerprint density at radius 2 is 1.84 bits per heavy atom. The summed E-state index contributed by atoms with van der Waals surface area (Å²) < 4.78 is 0. The third-order valence-corrected chi connectivity index (χ3v) is 5.41. The molecular formula is C18H23ClN4OS. The third-order valence-electron chi connectivity index (χ3n) is 4.28. The lowest BCUT2D eigenvalue weighted by molar-refractivity contribution is 0.232. The molecule has 5 nitrogen and oxygen atoms in total. The number of rotatable bonds is 6. The predicted molar refractivity (Wildman–Crippen MR) is 105 cm³/mol.